The van der Waals surface area contributed by atoms with Crippen molar-refractivity contribution in [1.82, 2.24) is 9.55 Å². The average Bonchev–Trinajstić information content (AvgIpc) is 3.07. The zero-order valence-corrected chi connectivity index (χ0v) is 19.0. The Bertz CT molecular complexity index is 1210. The van der Waals surface area contributed by atoms with Gasteiger partial charge in [0, 0.05) is 29.1 Å². The van der Waals surface area contributed by atoms with Gasteiger partial charge in [-0.3, -0.25) is 9.36 Å². The highest BCUT2D eigenvalue weighted by atomic mass is 35.5. The number of thiocarbonyl (C=S) groups is 1. The van der Waals surface area contributed by atoms with Crippen molar-refractivity contribution >= 4 is 34.5 Å². The number of nitrogens with one attached hydrogen (secondary N) is 1. The molecule has 0 bridgehead atoms. The lowest BCUT2D eigenvalue weighted by molar-refractivity contribution is 0.293. The Labute approximate surface area is 190 Å². The number of methoxy groups -OCH3 is 1. The number of rotatable bonds is 6. The molecule has 1 aliphatic heterocycles. The van der Waals surface area contributed by atoms with E-state index in [2.05, 4.69) is 10.3 Å². The Balaban J connectivity index is 1.66. The fourth-order valence-electron chi connectivity index (χ4n) is 3.71. The molecular formula is C23H22ClN3O3S. The molecule has 160 valence electrons. The summed E-state index contributed by atoms with van der Waals surface area (Å²) in [6.45, 7) is 4.25. The first-order valence-electron chi connectivity index (χ1n) is 9.81. The van der Waals surface area contributed by atoms with Gasteiger partial charge in [-0.25, -0.2) is 4.98 Å². The highest BCUT2D eigenvalue weighted by molar-refractivity contribution is 7.80. The van der Waals surface area contributed by atoms with Gasteiger partial charge in [0.25, 0.3) is 5.56 Å². The van der Waals surface area contributed by atoms with Gasteiger partial charge < -0.3 is 14.8 Å². The zero-order valence-electron chi connectivity index (χ0n) is 17.4. The van der Waals surface area contributed by atoms with Crippen LogP contribution in [0, 0.1) is 13.8 Å². The maximum Gasteiger partial charge on any atom is 0.253 e. The van der Waals surface area contributed by atoms with Gasteiger partial charge in [0.15, 0.2) is 5.75 Å². The molecule has 0 aliphatic carbocycles. The number of fused-ring (bicyclic) bond motifs is 1. The van der Waals surface area contributed by atoms with Gasteiger partial charge in [0.05, 0.1) is 12.1 Å². The van der Waals surface area contributed by atoms with E-state index in [4.69, 9.17) is 33.3 Å². The summed E-state index contributed by atoms with van der Waals surface area (Å²) >= 11 is 11.5. The molecule has 31 heavy (non-hydrogen) atoms. The van der Waals surface area contributed by atoms with Crippen LogP contribution in [-0.2, 0) is 6.61 Å². The molecule has 0 saturated heterocycles. The van der Waals surface area contributed by atoms with E-state index in [9.17, 15) is 4.79 Å². The molecule has 1 atom stereocenters. The third-order valence-electron chi connectivity index (χ3n) is 5.42. The van der Waals surface area contributed by atoms with Gasteiger partial charge in [-0.15, -0.1) is 0 Å². The smallest absolute Gasteiger partial charge is 0.253 e. The highest BCUT2D eigenvalue weighted by Crippen LogP contribution is 2.34. The van der Waals surface area contributed by atoms with Gasteiger partial charge in [-0.2, -0.15) is 0 Å². The van der Waals surface area contributed by atoms with Crippen molar-refractivity contribution in [3.63, 3.8) is 0 Å². The molecule has 1 aromatic carbocycles. The number of aryl methyl sites for hydroxylation is 1. The number of halogens is 1. The van der Waals surface area contributed by atoms with Gasteiger partial charge in [0.1, 0.15) is 30.0 Å². The molecule has 1 aliphatic rings. The number of benzene rings is 1. The van der Waals surface area contributed by atoms with Crippen molar-refractivity contribution in [2.75, 3.05) is 12.4 Å². The van der Waals surface area contributed by atoms with Crippen LogP contribution < -0.4 is 20.3 Å². The van der Waals surface area contributed by atoms with Crippen LogP contribution in [0.25, 0.3) is 0 Å². The molecule has 0 radical (unpaired) electrons. The number of hydrogen-bond acceptors (Lipinski definition) is 6. The summed E-state index contributed by atoms with van der Waals surface area (Å²) in [4.78, 5) is 17.9. The Morgan fingerprint density at radius 3 is 2.81 bits per heavy atom. The lowest BCUT2D eigenvalue weighted by Crippen LogP contribution is -2.28. The SMILES string of the molecule is COc1c(COc2cccc(C)c2C)cc(=O)n2c1C(=S)C[C@@H]2Nc1ccc(Cl)cn1. The predicted molar refractivity (Wildman–Crippen MR) is 126 cm³/mol. The lowest BCUT2D eigenvalue weighted by Gasteiger charge is -2.19. The quantitative estimate of drug-likeness (QED) is 0.537. The van der Waals surface area contributed by atoms with E-state index in [-0.39, 0.29) is 18.3 Å². The molecule has 0 saturated carbocycles. The minimum Gasteiger partial charge on any atom is -0.494 e. The largest absolute Gasteiger partial charge is 0.494 e. The second kappa shape index (κ2) is 8.69. The van der Waals surface area contributed by atoms with Gasteiger partial charge >= 0.3 is 0 Å². The first-order valence-corrected chi connectivity index (χ1v) is 10.6. The van der Waals surface area contributed by atoms with Crippen molar-refractivity contribution < 1.29 is 9.47 Å². The maximum absolute atomic E-state index is 13.0. The van der Waals surface area contributed by atoms with Crippen LogP contribution in [0.1, 0.15) is 35.0 Å². The number of ether oxygens (including phenoxy) is 2. The van der Waals surface area contributed by atoms with Gasteiger partial charge in [-0.05, 0) is 43.2 Å². The molecule has 2 aromatic heterocycles. The Hall–Kier alpha value is -2.90. The van der Waals surface area contributed by atoms with Crippen LogP contribution in [0.4, 0.5) is 5.82 Å². The van der Waals surface area contributed by atoms with Crippen molar-refractivity contribution in [3.8, 4) is 11.5 Å². The molecule has 0 unspecified atom stereocenters. The van der Waals surface area contributed by atoms with E-state index in [1.807, 2.05) is 32.0 Å². The van der Waals surface area contributed by atoms with Crippen LogP contribution in [0.3, 0.4) is 0 Å². The van der Waals surface area contributed by atoms with Crippen LogP contribution in [0.5, 0.6) is 11.5 Å². The Kier molecular flexibility index (Phi) is 5.98. The monoisotopic (exact) mass is 455 g/mol. The molecule has 6 nitrogen and oxygen atoms in total. The summed E-state index contributed by atoms with van der Waals surface area (Å²) in [6, 6.07) is 10.9. The van der Waals surface area contributed by atoms with Gasteiger partial charge in [-0.1, -0.05) is 36.0 Å². The number of nitrogens with zero attached hydrogens (tertiary/aromatic N) is 2. The number of aromatic nitrogens is 2. The Morgan fingerprint density at radius 2 is 2.10 bits per heavy atom. The molecule has 1 N–H and O–H groups in total. The Morgan fingerprint density at radius 1 is 1.29 bits per heavy atom. The molecule has 8 heteroatoms. The van der Waals surface area contributed by atoms with E-state index < -0.39 is 0 Å². The summed E-state index contributed by atoms with van der Waals surface area (Å²) in [6.07, 6.45) is 1.67. The van der Waals surface area contributed by atoms with E-state index in [1.165, 1.54) is 0 Å². The topological polar surface area (TPSA) is 65.4 Å². The fourth-order valence-corrected chi connectivity index (χ4v) is 4.17. The summed E-state index contributed by atoms with van der Waals surface area (Å²) in [5.41, 5.74) is 3.30. The number of hydrogen-bond donors (Lipinski definition) is 1. The summed E-state index contributed by atoms with van der Waals surface area (Å²) in [7, 11) is 1.58. The molecule has 0 spiro atoms. The fraction of sp³-hybridized carbons (Fsp3) is 0.261. The van der Waals surface area contributed by atoms with Crippen molar-refractivity contribution in [1.29, 1.82) is 0 Å². The van der Waals surface area contributed by atoms with Crippen molar-refractivity contribution in [2.24, 2.45) is 0 Å². The molecular weight excluding hydrogens is 434 g/mol. The minimum absolute atomic E-state index is 0.179. The average molecular weight is 456 g/mol. The predicted octanol–water partition coefficient (Wildman–Crippen LogP) is 4.83. The normalized spacial score (nSPS) is 15.0. The first-order chi connectivity index (χ1) is 14.9. The third kappa shape index (κ3) is 4.16. The standard InChI is InChI=1S/C23H22ClN3O3S/c1-13-5-4-6-17(14(13)2)30-12-15-9-21(28)27-20(10-18(31)22(27)23(15)29-3)26-19-8-7-16(24)11-25-19/h4-9,11,20H,10,12H2,1-3H3,(H,25,26)/t20-/m1/s1. The number of anilines is 1. The van der Waals surface area contributed by atoms with Crippen molar-refractivity contribution in [2.45, 2.75) is 33.0 Å². The lowest BCUT2D eigenvalue weighted by atomic mass is 10.1. The van der Waals surface area contributed by atoms with Gasteiger partial charge in [0.2, 0.25) is 0 Å². The summed E-state index contributed by atoms with van der Waals surface area (Å²) in [5, 5.41) is 3.80. The summed E-state index contributed by atoms with van der Waals surface area (Å²) in [5.74, 6) is 1.94. The highest BCUT2D eigenvalue weighted by Gasteiger charge is 2.32. The molecule has 0 amide bonds. The minimum atomic E-state index is -0.355. The van der Waals surface area contributed by atoms with Crippen LogP contribution in [0.15, 0.2) is 47.4 Å². The first kappa shape index (κ1) is 21.3. The van der Waals surface area contributed by atoms with Crippen molar-refractivity contribution in [3.05, 3.63) is 80.4 Å². The second-order valence-electron chi connectivity index (χ2n) is 7.40. The van der Waals surface area contributed by atoms with Crippen LogP contribution >= 0.6 is 23.8 Å². The summed E-state index contributed by atoms with van der Waals surface area (Å²) < 4.78 is 13.3. The van der Waals surface area contributed by atoms with E-state index >= 15 is 0 Å². The van der Waals surface area contributed by atoms with Crippen LogP contribution in [-0.4, -0.2) is 21.5 Å². The number of pyridine rings is 2. The van der Waals surface area contributed by atoms with E-state index in [0.29, 0.717) is 39.1 Å². The second-order valence-corrected chi connectivity index (χ2v) is 8.32. The molecule has 3 heterocycles. The molecule has 4 rings (SSSR count). The van der Waals surface area contributed by atoms with E-state index in [0.717, 1.165) is 16.9 Å². The maximum atomic E-state index is 13.0. The molecule has 3 aromatic rings. The van der Waals surface area contributed by atoms with Crippen LogP contribution in [0.2, 0.25) is 5.02 Å². The third-order valence-corrected chi connectivity index (χ3v) is 6.01. The molecule has 0 fully saturated rings. The zero-order chi connectivity index (χ0) is 22.1. The van der Waals surface area contributed by atoms with E-state index in [1.54, 1.807) is 36.1 Å².